The fourth-order valence-corrected chi connectivity index (χ4v) is 3.33. The second kappa shape index (κ2) is 8.83. The number of carbonyl (C=O) groups excluding carboxylic acids is 2. The summed E-state index contributed by atoms with van der Waals surface area (Å²) in [7, 11) is 0. The molecule has 5 heteroatoms. The van der Waals surface area contributed by atoms with Crippen molar-refractivity contribution in [3.05, 3.63) is 35.9 Å². The largest absolute Gasteiger partial charge is 0.396 e. The first-order valence-electron chi connectivity index (χ1n) is 8.80. The molecule has 2 N–H and O–H groups in total. The number of benzene rings is 1. The number of nitrogens with zero attached hydrogens (tertiary/aromatic N) is 1. The average molecular weight is 332 g/mol. The Morgan fingerprint density at radius 2 is 2.00 bits per heavy atom. The highest BCUT2D eigenvalue weighted by Crippen LogP contribution is 2.23. The third-order valence-electron chi connectivity index (χ3n) is 4.52. The first-order valence-corrected chi connectivity index (χ1v) is 8.80. The summed E-state index contributed by atoms with van der Waals surface area (Å²) < 4.78 is 0. The van der Waals surface area contributed by atoms with Crippen LogP contribution in [0.2, 0.25) is 0 Å². The molecule has 0 aromatic heterocycles. The van der Waals surface area contributed by atoms with E-state index in [0.29, 0.717) is 25.8 Å². The Bertz CT molecular complexity index is 545. The zero-order valence-corrected chi connectivity index (χ0v) is 14.6. The van der Waals surface area contributed by atoms with Crippen LogP contribution in [0.3, 0.4) is 0 Å². The van der Waals surface area contributed by atoms with Crippen molar-refractivity contribution in [1.82, 2.24) is 10.2 Å². The molecule has 2 rings (SSSR count). The van der Waals surface area contributed by atoms with Gasteiger partial charge in [0.15, 0.2) is 0 Å². The number of hydrogen-bond acceptors (Lipinski definition) is 3. The van der Waals surface area contributed by atoms with E-state index in [1.807, 2.05) is 44.2 Å². The van der Waals surface area contributed by atoms with Gasteiger partial charge in [0.2, 0.25) is 11.8 Å². The Labute approximate surface area is 144 Å². The smallest absolute Gasteiger partial charge is 0.243 e. The number of aliphatic hydroxyl groups is 1. The van der Waals surface area contributed by atoms with E-state index in [1.165, 1.54) is 0 Å². The van der Waals surface area contributed by atoms with E-state index in [-0.39, 0.29) is 30.4 Å². The molecule has 0 bridgehead atoms. The third kappa shape index (κ3) is 4.57. The van der Waals surface area contributed by atoms with Gasteiger partial charge in [-0.15, -0.1) is 0 Å². The molecule has 0 spiro atoms. The summed E-state index contributed by atoms with van der Waals surface area (Å²) in [6.45, 7) is 4.70. The lowest BCUT2D eigenvalue weighted by Gasteiger charge is -2.31. The van der Waals surface area contributed by atoms with Crippen LogP contribution in [-0.2, 0) is 9.59 Å². The Balaban J connectivity index is 2.13. The third-order valence-corrected chi connectivity index (χ3v) is 4.52. The summed E-state index contributed by atoms with van der Waals surface area (Å²) in [5.41, 5.74) is 1.02. The van der Waals surface area contributed by atoms with Gasteiger partial charge < -0.3 is 15.3 Å². The molecule has 1 aromatic rings. The van der Waals surface area contributed by atoms with Crippen LogP contribution in [0.1, 0.15) is 51.1 Å². The van der Waals surface area contributed by atoms with Gasteiger partial charge in [0.1, 0.15) is 6.04 Å². The summed E-state index contributed by atoms with van der Waals surface area (Å²) in [4.78, 5) is 26.7. The number of amides is 2. The first-order chi connectivity index (χ1) is 11.5. The number of likely N-dealkylation sites (tertiary alicyclic amines) is 1. The van der Waals surface area contributed by atoms with Crippen molar-refractivity contribution in [2.45, 2.75) is 51.6 Å². The van der Waals surface area contributed by atoms with E-state index in [0.717, 1.165) is 12.0 Å². The van der Waals surface area contributed by atoms with Gasteiger partial charge in [-0.3, -0.25) is 9.59 Å². The fraction of sp³-hybridized carbons (Fsp3) is 0.579. The van der Waals surface area contributed by atoms with Gasteiger partial charge >= 0.3 is 0 Å². The predicted octanol–water partition coefficient (Wildman–Crippen LogP) is 2.26. The first kappa shape index (κ1) is 18.5. The van der Waals surface area contributed by atoms with Crippen molar-refractivity contribution in [2.24, 2.45) is 5.92 Å². The Hall–Kier alpha value is -1.88. The molecule has 2 unspecified atom stereocenters. The van der Waals surface area contributed by atoms with Gasteiger partial charge in [-0.25, -0.2) is 0 Å². The van der Waals surface area contributed by atoms with E-state index in [2.05, 4.69) is 5.32 Å². The summed E-state index contributed by atoms with van der Waals surface area (Å²) in [5, 5.41) is 12.2. The molecule has 1 aliphatic rings. The van der Waals surface area contributed by atoms with Gasteiger partial charge in [0, 0.05) is 19.6 Å². The quantitative estimate of drug-likeness (QED) is 0.767. The van der Waals surface area contributed by atoms with Gasteiger partial charge in [-0.05, 0) is 30.7 Å². The standard InChI is InChI=1S/C19H28N2O3/c1-14(2)18(21-12-6-11-17(21)23)19(24)20-16(10-7-13-22)15-8-4-3-5-9-15/h3-5,8-9,14,16,18,22H,6-7,10-13H2,1-2H3,(H,20,24). The Morgan fingerprint density at radius 3 is 2.54 bits per heavy atom. The minimum atomic E-state index is -0.430. The Kier molecular flexibility index (Phi) is 6.79. The number of aliphatic hydroxyl groups excluding tert-OH is 1. The molecule has 0 saturated carbocycles. The molecular formula is C19H28N2O3. The molecule has 132 valence electrons. The molecule has 1 aromatic carbocycles. The lowest BCUT2D eigenvalue weighted by Crippen LogP contribution is -2.51. The summed E-state index contributed by atoms with van der Waals surface area (Å²) in [5.74, 6) is 0.0174. The minimum absolute atomic E-state index is 0.0568. The molecule has 1 heterocycles. The van der Waals surface area contributed by atoms with Crippen LogP contribution >= 0.6 is 0 Å². The van der Waals surface area contributed by atoms with Crippen LogP contribution in [0.25, 0.3) is 0 Å². The lowest BCUT2D eigenvalue weighted by atomic mass is 9.98. The van der Waals surface area contributed by atoms with Crippen molar-refractivity contribution in [3.63, 3.8) is 0 Å². The maximum Gasteiger partial charge on any atom is 0.243 e. The van der Waals surface area contributed by atoms with Crippen LogP contribution in [0.4, 0.5) is 0 Å². The van der Waals surface area contributed by atoms with E-state index < -0.39 is 6.04 Å². The van der Waals surface area contributed by atoms with Crippen molar-refractivity contribution < 1.29 is 14.7 Å². The number of carbonyl (C=O) groups is 2. The monoisotopic (exact) mass is 332 g/mol. The van der Waals surface area contributed by atoms with Gasteiger partial charge in [0.05, 0.1) is 6.04 Å². The zero-order valence-electron chi connectivity index (χ0n) is 14.6. The molecule has 1 aliphatic heterocycles. The molecular weight excluding hydrogens is 304 g/mol. The SMILES string of the molecule is CC(C)C(C(=O)NC(CCCO)c1ccccc1)N1CCCC1=O. The highest BCUT2D eigenvalue weighted by Gasteiger charge is 2.35. The Morgan fingerprint density at radius 1 is 1.29 bits per heavy atom. The normalized spacial score (nSPS) is 17.2. The van der Waals surface area contributed by atoms with Gasteiger partial charge in [-0.1, -0.05) is 44.2 Å². The topological polar surface area (TPSA) is 69.6 Å². The van der Waals surface area contributed by atoms with Crippen LogP contribution in [-0.4, -0.2) is 41.0 Å². The molecule has 1 fully saturated rings. The van der Waals surface area contributed by atoms with Crippen LogP contribution in [0.5, 0.6) is 0 Å². The summed E-state index contributed by atoms with van der Waals surface area (Å²) >= 11 is 0. The number of rotatable bonds is 8. The number of nitrogens with one attached hydrogen (secondary N) is 1. The number of hydrogen-bond donors (Lipinski definition) is 2. The van der Waals surface area contributed by atoms with E-state index in [4.69, 9.17) is 5.11 Å². The zero-order chi connectivity index (χ0) is 17.5. The lowest BCUT2D eigenvalue weighted by molar-refractivity contribution is -0.139. The van der Waals surface area contributed by atoms with E-state index >= 15 is 0 Å². The molecule has 1 saturated heterocycles. The highest BCUT2D eigenvalue weighted by molar-refractivity contribution is 5.89. The molecule has 2 amide bonds. The fourth-order valence-electron chi connectivity index (χ4n) is 3.33. The maximum absolute atomic E-state index is 12.9. The summed E-state index contributed by atoms with van der Waals surface area (Å²) in [6, 6.07) is 9.20. The van der Waals surface area contributed by atoms with Crippen LogP contribution in [0.15, 0.2) is 30.3 Å². The second-order valence-corrected chi connectivity index (χ2v) is 6.72. The second-order valence-electron chi connectivity index (χ2n) is 6.72. The van der Waals surface area contributed by atoms with Crippen LogP contribution < -0.4 is 5.32 Å². The van der Waals surface area contributed by atoms with Crippen molar-refractivity contribution in [3.8, 4) is 0 Å². The molecule has 24 heavy (non-hydrogen) atoms. The van der Waals surface area contributed by atoms with Crippen LogP contribution in [0, 0.1) is 5.92 Å². The van der Waals surface area contributed by atoms with Crippen molar-refractivity contribution in [2.75, 3.05) is 13.2 Å². The molecule has 0 radical (unpaired) electrons. The molecule has 2 atom stereocenters. The van der Waals surface area contributed by atoms with Gasteiger partial charge in [-0.2, -0.15) is 0 Å². The van der Waals surface area contributed by atoms with E-state index in [1.54, 1.807) is 4.90 Å². The average Bonchev–Trinajstić information content (AvgIpc) is 2.98. The summed E-state index contributed by atoms with van der Waals surface area (Å²) in [6.07, 6.45) is 2.64. The molecule has 5 nitrogen and oxygen atoms in total. The van der Waals surface area contributed by atoms with Gasteiger partial charge in [0.25, 0.3) is 0 Å². The van der Waals surface area contributed by atoms with Crippen molar-refractivity contribution in [1.29, 1.82) is 0 Å². The maximum atomic E-state index is 12.9. The molecule has 0 aliphatic carbocycles. The highest BCUT2D eigenvalue weighted by atomic mass is 16.3. The van der Waals surface area contributed by atoms with E-state index in [9.17, 15) is 9.59 Å². The minimum Gasteiger partial charge on any atom is -0.396 e. The predicted molar refractivity (Wildman–Crippen MR) is 93.2 cm³/mol. The van der Waals surface area contributed by atoms with Crippen molar-refractivity contribution >= 4 is 11.8 Å².